The maximum absolute atomic E-state index is 11.1. The molecule has 0 atom stereocenters. The Kier molecular flexibility index (Phi) is 4.56. The number of nitro groups is 1. The summed E-state index contributed by atoms with van der Waals surface area (Å²) in [5.41, 5.74) is 5.20. The van der Waals surface area contributed by atoms with Gasteiger partial charge in [0.25, 0.3) is 0 Å². The number of nitrogens with zero attached hydrogens (tertiary/aromatic N) is 2. The van der Waals surface area contributed by atoms with E-state index < -0.39 is 4.92 Å². The van der Waals surface area contributed by atoms with Crippen LogP contribution in [-0.2, 0) is 4.79 Å². The first kappa shape index (κ1) is 15.0. The summed E-state index contributed by atoms with van der Waals surface area (Å²) in [6.45, 7) is 0. The summed E-state index contributed by atoms with van der Waals surface area (Å²) in [6.07, 6.45) is 2.82. The van der Waals surface area contributed by atoms with Crippen LogP contribution in [-0.4, -0.2) is 29.0 Å². The third-order valence-electron chi connectivity index (χ3n) is 3.72. The number of amides is 1. The summed E-state index contributed by atoms with van der Waals surface area (Å²) in [5, 5.41) is 14.1. The number of hydrogen-bond donors (Lipinski definition) is 2. The molecule has 0 aliphatic heterocycles. The lowest BCUT2D eigenvalue weighted by atomic mass is 9.85. The second kappa shape index (κ2) is 6.38. The summed E-state index contributed by atoms with van der Waals surface area (Å²) in [6, 6.07) is 2.86. The number of carbonyl (C=O) groups is 1. The molecule has 3 N–H and O–H groups in total. The second-order valence-electron chi connectivity index (χ2n) is 5.07. The van der Waals surface area contributed by atoms with Gasteiger partial charge >= 0.3 is 5.69 Å². The van der Waals surface area contributed by atoms with Crippen molar-refractivity contribution in [2.75, 3.05) is 12.4 Å². The van der Waals surface area contributed by atoms with Gasteiger partial charge in [-0.15, -0.1) is 0 Å². The van der Waals surface area contributed by atoms with E-state index in [9.17, 15) is 14.9 Å². The smallest absolute Gasteiger partial charge is 0.311 e. The molecule has 0 aromatic carbocycles. The highest BCUT2D eigenvalue weighted by Gasteiger charge is 2.26. The lowest BCUT2D eigenvalue weighted by Gasteiger charge is -2.27. The molecule has 8 heteroatoms. The Labute approximate surface area is 121 Å². The number of nitrogens with two attached hydrogens (primary N) is 1. The predicted octanol–water partition coefficient (Wildman–Crippen LogP) is 1.45. The molecule has 1 aliphatic carbocycles. The van der Waals surface area contributed by atoms with Crippen LogP contribution >= 0.6 is 0 Å². The largest absolute Gasteiger partial charge is 0.481 e. The number of ether oxygens (including phenoxy) is 1. The molecule has 1 aromatic rings. The Morgan fingerprint density at radius 3 is 2.62 bits per heavy atom. The van der Waals surface area contributed by atoms with E-state index in [2.05, 4.69) is 10.3 Å². The third-order valence-corrected chi connectivity index (χ3v) is 3.72. The first-order chi connectivity index (χ1) is 10.0. The highest BCUT2D eigenvalue weighted by atomic mass is 16.6. The van der Waals surface area contributed by atoms with E-state index in [4.69, 9.17) is 10.5 Å². The lowest BCUT2D eigenvalue weighted by Crippen LogP contribution is -2.32. The van der Waals surface area contributed by atoms with Crippen LogP contribution in [0, 0.1) is 16.0 Å². The van der Waals surface area contributed by atoms with Crippen molar-refractivity contribution in [1.82, 2.24) is 4.98 Å². The number of rotatable bonds is 5. The molecule has 1 saturated carbocycles. The summed E-state index contributed by atoms with van der Waals surface area (Å²) in [7, 11) is 1.45. The zero-order valence-electron chi connectivity index (χ0n) is 11.7. The van der Waals surface area contributed by atoms with Crippen LogP contribution in [0.15, 0.2) is 12.1 Å². The van der Waals surface area contributed by atoms with Gasteiger partial charge in [-0.05, 0) is 25.7 Å². The van der Waals surface area contributed by atoms with Crippen LogP contribution in [0.4, 0.5) is 11.5 Å². The third kappa shape index (κ3) is 3.59. The Hall–Kier alpha value is -2.38. The van der Waals surface area contributed by atoms with Gasteiger partial charge < -0.3 is 15.8 Å². The van der Waals surface area contributed by atoms with E-state index in [1.54, 1.807) is 0 Å². The molecule has 1 heterocycles. The average molecular weight is 294 g/mol. The van der Waals surface area contributed by atoms with Gasteiger partial charge in [-0.25, -0.2) is 0 Å². The first-order valence-electron chi connectivity index (χ1n) is 6.76. The zero-order chi connectivity index (χ0) is 15.4. The number of nitrogens with one attached hydrogen (secondary N) is 1. The van der Waals surface area contributed by atoms with E-state index in [0.717, 1.165) is 12.8 Å². The van der Waals surface area contributed by atoms with E-state index in [0.29, 0.717) is 18.7 Å². The molecule has 0 saturated heterocycles. The molecule has 114 valence electrons. The maximum atomic E-state index is 11.1. The molecule has 1 amide bonds. The molecule has 8 nitrogen and oxygen atoms in total. The van der Waals surface area contributed by atoms with Crippen LogP contribution in [0.25, 0.3) is 0 Å². The Morgan fingerprint density at radius 1 is 1.43 bits per heavy atom. The van der Waals surface area contributed by atoms with Crippen molar-refractivity contribution in [3.63, 3.8) is 0 Å². The van der Waals surface area contributed by atoms with Crippen molar-refractivity contribution in [3.05, 3.63) is 22.2 Å². The predicted molar refractivity (Wildman–Crippen MR) is 76.0 cm³/mol. The van der Waals surface area contributed by atoms with Gasteiger partial charge in [0.15, 0.2) is 0 Å². The highest BCUT2D eigenvalue weighted by molar-refractivity contribution is 5.76. The van der Waals surface area contributed by atoms with Gasteiger partial charge in [0.05, 0.1) is 12.0 Å². The van der Waals surface area contributed by atoms with Crippen molar-refractivity contribution < 1.29 is 14.5 Å². The van der Waals surface area contributed by atoms with Gasteiger partial charge in [0, 0.05) is 24.1 Å². The molecular weight excluding hydrogens is 276 g/mol. The normalized spacial score (nSPS) is 21.6. The molecule has 2 rings (SSSR count). The monoisotopic (exact) mass is 294 g/mol. The lowest BCUT2D eigenvalue weighted by molar-refractivity contribution is -0.384. The van der Waals surface area contributed by atoms with E-state index in [1.807, 2.05) is 0 Å². The molecule has 0 unspecified atom stereocenters. The van der Waals surface area contributed by atoms with Gasteiger partial charge in [0.1, 0.15) is 0 Å². The molecular formula is C13H18N4O4. The van der Waals surface area contributed by atoms with Crippen LogP contribution in [0.5, 0.6) is 5.88 Å². The van der Waals surface area contributed by atoms with Crippen molar-refractivity contribution >= 4 is 17.4 Å². The van der Waals surface area contributed by atoms with Gasteiger partial charge in [-0.3, -0.25) is 14.9 Å². The Balaban J connectivity index is 2.09. The minimum Gasteiger partial charge on any atom is -0.481 e. The summed E-state index contributed by atoms with van der Waals surface area (Å²) in [4.78, 5) is 25.8. The summed E-state index contributed by atoms with van der Waals surface area (Å²) >= 11 is 0. The summed E-state index contributed by atoms with van der Waals surface area (Å²) < 4.78 is 4.99. The number of anilines is 1. The zero-order valence-corrected chi connectivity index (χ0v) is 11.7. The second-order valence-corrected chi connectivity index (χ2v) is 5.07. The van der Waals surface area contributed by atoms with Crippen LogP contribution in [0.1, 0.15) is 25.7 Å². The Morgan fingerprint density at radius 2 is 2.10 bits per heavy atom. The van der Waals surface area contributed by atoms with Crippen molar-refractivity contribution in [2.45, 2.75) is 31.7 Å². The molecule has 0 bridgehead atoms. The van der Waals surface area contributed by atoms with E-state index >= 15 is 0 Å². The van der Waals surface area contributed by atoms with Gasteiger partial charge in [-0.2, -0.15) is 4.98 Å². The van der Waals surface area contributed by atoms with E-state index in [-0.39, 0.29) is 29.4 Å². The van der Waals surface area contributed by atoms with Crippen LogP contribution in [0.3, 0.4) is 0 Å². The number of methoxy groups -OCH3 is 1. The average Bonchev–Trinajstić information content (AvgIpc) is 2.47. The topological polar surface area (TPSA) is 120 Å². The maximum Gasteiger partial charge on any atom is 0.311 e. The minimum absolute atomic E-state index is 0.0407. The highest BCUT2D eigenvalue weighted by Crippen LogP contribution is 2.30. The number of hydrogen-bond acceptors (Lipinski definition) is 6. The quantitative estimate of drug-likeness (QED) is 0.626. The van der Waals surface area contributed by atoms with Gasteiger partial charge in [0.2, 0.25) is 17.6 Å². The van der Waals surface area contributed by atoms with Crippen molar-refractivity contribution in [1.29, 1.82) is 0 Å². The molecule has 0 spiro atoms. The SMILES string of the molecule is COc1ccc([N+](=O)[O-])c(NC2CCC(C(N)=O)CC2)n1. The molecule has 0 radical (unpaired) electrons. The summed E-state index contributed by atoms with van der Waals surface area (Å²) in [5.74, 6) is 0.131. The van der Waals surface area contributed by atoms with Crippen molar-refractivity contribution in [3.8, 4) is 5.88 Å². The fraction of sp³-hybridized carbons (Fsp3) is 0.538. The number of pyridine rings is 1. The number of primary amides is 1. The molecule has 1 aromatic heterocycles. The molecule has 1 aliphatic rings. The molecule has 1 fully saturated rings. The number of carbonyl (C=O) groups excluding carboxylic acids is 1. The first-order valence-corrected chi connectivity index (χ1v) is 6.76. The van der Waals surface area contributed by atoms with Crippen LogP contribution < -0.4 is 15.8 Å². The Bertz CT molecular complexity index is 541. The van der Waals surface area contributed by atoms with Crippen molar-refractivity contribution in [2.24, 2.45) is 11.7 Å². The standard InChI is InChI=1S/C13H18N4O4/c1-21-11-7-6-10(17(19)20)13(16-11)15-9-4-2-8(3-5-9)12(14)18/h6-9H,2-5H2,1H3,(H2,14,18)(H,15,16). The van der Waals surface area contributed by atoms with Crippen LogP contribution in [0.2, 0.25) is 0 Å². The fourth-order valence-corrected chi connectivity index (χ4v) is 2.52. The minimum atomic E-state index is -0.482. The number of aromatic nitrogens is 1. The fourth-order valence-electron chi connectivity index (χ4n) is 2.52. The molecule has 21 heavy (non-hydrogen) atoms. The van der Waals surface area contributed by atoms with E-state index in [1.165, 1.54) is 19.2 Å². The van der Waals surface area contributed by atoms with Gasteiger partial charge in [-0.1, -0.05) is 0 Å².